The molecule has 0 saturated heterocycles. The highest BCUT2D eigenvalue weighted by Crippen LogP contribution is 2.57. The fraction of sp³-hybridized carbons (Fsp3) is 0. The summed E-state index contributed by atoms with van der Waals surface area (Å²) in [5.41, 5.74) is 27.8. The highest BCUT2D eigenvalue weighted by molar-refractivity contribution is 7.29. The maximum absolute atomic E-state index is 5.51. The molecule has 33 rings (SSSR count). The van der Waals surface area contributed by atoms with E-state index in [4.69, 9.17) is 34.9 Å². The first-order valence-electron chi connectivity index (χ1n) is 50.0. The SMILES string of the molecule is c1ccc(-c2ccc(-c3nc(-n4c5ccccc5c5c4c4sc6ncccc6c4c4c6ccccc6n(-c6ccccc6)c45)nc4ccccc34)cc2)cc1.c1ccc(-c2ccc(-n3c4ccccc4c4c5sc6ccccc6c5c5c6cccnc6sc5c43)cc2)cc1.c1ccc(-c2nc(-c3ccc(-n4c5ccccc5c5c4c4sc6ncccc6c4c4c6ccccc6n(-c6ccccc6)c45)cc3)nc3ccccc23)cc1. The fourth-order valence-electron chi connectivity index (χ4n) is 23.5. The van der Waals surface area contributed by atoms with Crippen molar-refractivity contribution in [3.8, 4) is 84.9 Å². The Hall–Kier alpha value is -18.8. The summed E-state index contributed by atoms with van der Waals surface area (Å²) < 4.78 is 18.5. The van der Waals surface area contributed by atoms with E-state index < -0.39 is 0 Å². The van der Waals surface area contributed by atoms with Crippen LogP contribution in [-0.4, -0.2) is 57.7 Å². The van der Waals surface area contributed by atoms with Crippen LogP contribution in [0.1, 0.15) is 0 Å². The van der Waals surface area contributed by atoms with Gasteiger partial charge in [0, 0.05) is 175 Å². The molecule has 0 spiro atoms. The Labute approximate surface area is 866 Å². The quantitative estimate of drug-likeness (QED) is 0.134. The second-order valence-corrected chi connectivity index (χ2v) is 42.0. The first-order valence-corrected chi connectivity index (χ1v) is 53.2. The minimum Gasteiger partial charge on any atom is -0.309 e. The molecule has 14 aromatic heterocycles. The lowest BCUT2D eigenvalue weighted by Gasteiger charge is -2.13. The van der Waals surface area contributed by atoms with E-state index in [1.54, 1.807) is 22.7 Å². The smallest absolute Gasteiger partial charge is 0.235 e. The Bertz CT molecular complexity index is 11300. The zero-order valence-electron chi connectivity index (χ0n) is 79.5. The van der Waals surface area contributed by atoms with E-state index in [-0.39, 0.29) is 0 Å². The van der Waals surface area contributed by atoms with Crippen molar-refractivity contribution < 1.29 is 0 Å². The predicted molar refractivity (Wildman–Crippen MR) is 629 cm³/mol. The van der Waals surface area contributed by atoms with Crippen LogP contribution >= 0.6 is 45.3 Å². The molecular formula is C133H78N12S4. The number of rotatable bonds is 10. The van der Waals surface area contributed by atoms with Gasteiger partial charge in [0.2, 0.25) is 5.95 Å². The van der Waals surface area contributed by atoms with Crippen LogP contribution in [0, 0.1) is 0 Å². The summed E-state index contributed by atoms with van der Waals surface area (Å²) >= 11 is 7.26. The standard InChI is InChI=1S/2C49H29N5S.C35H20N2S2/c1-3-14-30(15-4-1)44-34-18-7-10-22-38(34)51-48(52-44)31-25-27-33(28-26-31)54-40-24-12-9-20-36(40)43-45-41(42-37-21-13-29-50-49(37)55-47(42)46(43)54)35-19-8-11-23-39(35)53(45)32-16-5-2-6-17-32;1-3-14-30(15-4-1)31-25-27-32(28-26-31)44-34-18-7-10-22-38(34)51-49(52-44)54-40-24-12-9-20-36(40)43-45-41(42-37-21-13-29-50-48(37)55-47(42)46(43)54)35-19-8-11-23-39(35)53(45)33-16-5-2-6-17-33;1-2-9-21(10-3-1)22-16-18-23(19-17-22)37-27-14-6-4-11-24(27)31-32(37)34-30(26-13-8-20-36-35(26)39-34)29-25-12-5-7-15-28(25)38-33(29)31/h2*1-29H;1-20H. The molecule has 0 fully saturated rings. The van der Waals surface area contributed by atoms with E-state index in [0.717, 1.165) is 109 Å². The Balaban J connectivity index is 0.000000102. The second kappa shape index (κ2) is 33.9. The molecule has 33 aromatic rings. The summed E-state index contributed by atoms with van der Waals surface area (Å²) in [6.07, 6.45) is 5.72. The van der Waals surface area contributed by atoms with Gasteiger partial charge in [0.05, 0.1) is 91.7 Å². The van der Waals surface area contributed by atoms with Crippen molar-refractivity contribution in [1.82, 2.24) is 57.7 Å². The van der Waals surface area contributed by atoms with Crippen LogP contribution in [0.2, 0.25) is 0 Å². The topological polar surface area (TPSA) is 115 Å². The largest absolute Gasteiger partial charge is 0.309 e. The lowest BCUT2D eigenvalue weighted by molar-refractivity contribution is 1.02. The number of hydrogen-bond acceptors (Lipinski definition) is 11. The predicted octanol–water partition coefficient (Wildman–Crippen LogP) is 36.4. The molecule has 0 bridgehead atoms. The maximum Gasteiger partial charge on any atom is 0.235 e. The third-order valence-electron chi connectivity index (χ3n) is 29.8. The molecule has 0 saturated carbocycles. The molecule has 149 heavy (non-hydrogen) atoms. The van der Waals surface area contributed by atoms with Crippen molar-refractivity contribution in [3.63, 3.8) is 0 Å². The Morgan fingerprint density at radius 3 is 0.926 bits per heavy atom. The molecule has 19 aromatic carbocycles. The molecule has 694 valence electrons. The van der Waals surface area contributed by atoms with Gasteiger partial charge in [-0.2, -0.15) is 0 Å². The summed E-state index contributed by atoms with van der Waals surface area (Å²) in [4.78, 5) is 38.9. The van der Waals surface area contributed by atoms with E-state index in [1.165, 1.54) is 176 Å². The van der Waals surface area contributed by atoms with Crippen molar-refractivity contribution in [1.29, 1.82) is 0 Å². The van der Waals surface area contributed by atoms with E-state index in [0.29, 0.717) is 11.8 Å². The van der Waals surface area contributed by atoms with Gasteiger partial charge < -0.3 is 18.3 Å². The second-order valence-electron chi connectivity index (χ2n) is 37.9. The molecule has 0 N–H and O–H groups in total. The van der Waals surface area contributed by atoms with Gasteiger partial charge in [-0.05, 0) is 168 Å². The van der Waals surface area contributed by atoms with Gasteiger partial charge >= 0.3 is 0 Å². The molecule has 0 radical (unpaired) electrons. The van der Waals surface area contributed by atoms with Crippen LogP contribution in [0.5, 0.6) is 0 Å². The summed E-state index contributed by atoms with van der Waals surface area (Å²) in [5, 5.41) is 24.5. The van der Waals surface area contributed by atoms with Crippen LogP contribution < -0.4 is 0 Å². The van der Waals surface area contributed by atoms with Crippen molar-refractivity contribution in [2.75, 3.05) is 0 Å². The van der Waals surface area contributed by atoms with E-state index in [1.807, 2.05) is 53.4 Å². The van der Waals surface area contributed by atoms with Gasteiger partial charge in [0.25, 0.3) is 0 Å². The van der Waals surface area contributed by atoms with Crippen molar-refractivity contribution in [2.45, 2.75) is 0 Å². The van der Waals surface area contributed by atoms with Crippen molar-refractivity contribution >= 4 is 257 Å². The third-order valence-corrected chi connectivity index (χ3v) is 34.4. The molecule has 0 aliphatic heterocycles. The third kappa shape index (κ3) is 13.0. The van der Waals surface area contributed by atoms with Gasteiger partial charge in [-0.1, -0.05) is 309 Å². The fourth-order valence-corrected chi connectivity index (χ4v) is 28.4. The first-order chi connectivity index (χ1) is 74.0. The van der Waals surface area contributed by atoms with E-state index in [2.05, 4.69) is 466 Å². The number of hydrogen-bond donors (Lipinski definition) is 0. The molecule has 0 unspecified atom stereocenters. The average Bonchev–Trinajstić information content (AvgIpc) is 1.52. The van der Waals surface area contributed by atoms with E-state index in [9.17, 15) is 0 Å². The van der Waals surface area contributed by atoms with Crippen LogP contribution in [0.15, 0.2) is 474 Å². The van der Waals surface area contributed by atoms with Crippen LogP contribution in [0.25, 0.3) is 297 Å². The highest BCUT2D eigenvalue weighted by Gasteiger charge is 2.33. The lowest BCUT2D eigenvalue weighted by atomic mass is 10.0. The Morgan fingerprint density at radius 2 is 0.463 bits per heavy atom. The minimum atomic E-state index is 0.639. The van der Waals surface area contributed by atoms with Crippen molar-refractivity contribution in [2.24, 2.45) is 0 Å². The van der Waals surface area contributed by atoms with Gasteiger partial charge in [-0.3, -0.25) is 4.57 Å². The molecule has 0 aliphatic rings. The van der Waals surface area contributed by atoms with Crippen molar-refractivity contribution in [3.05, 3.63) is 474 Å². The first kappa shape index (κ1) is 84.7. The molecular weight excluding hydrogens is 1890 g/mol. The normalized spacial score (nSPS) is 12.0. The number of para-hydroxylation sites is 9. The van der Waals surface area contributed by atoms with Crippen LogP contribution in [0.3, 0.4) is 0 Å². The average molecular weight is 1970 g/mol. The molecule has 14 heterocycles. The van der Waals surface area contributed by atoms with Gasteiger partial charge in [-0.15, -0.1) is 45.3 Å². The van der Waals surface area contributed by atoms with Gasteiger partial charge in [-0.25, -0.2) is 34.9 Å². The summed E-state index contributed by atoms with van der Waals surface area (Å²) in [6, 6.07) is 162. The Morgan fingerprint density at radius 1 is 0.168 bits per heavy atom. The summed E-state index contributed by atoms with van der Waals surface area (Å²) in [7, 11) is 0. The number of benzene rings is 19. The molecule has 0 atom stereocenters. The minimum absolute atomic E-state index is 0.639. The molecule has 0 aliphatic carbocycles. The summed E-state index contributed by atoms with van der Waals surface area (Å²) in [5.74, 6) is 1.35. The van der Waals surface area contributed by atoms with Gasteiger partial charge in [0.15, 0.2) is 5.82 Å². The van der Waals surface area contributed by atoms with Crippen LogP contribution in [0.4, 0.5) is 0 Å². The molecule has 12 nitrogen and oxygen atoms in total. The highest BCUT2D eigenvalue weighted by atomic mass is 32.1. The number of aromatic nitrogens is 12. The number of fused-ring (bicyclic) bond motifs is 38. The number of pyridine rings is 3. The zero-order valence-corrected chi connectivity index (χ0v) is 82.8. The molecule has 0 amide bonds. The van der Waals surface area contributed by atoms with E-state index >= 15 is 0 Å². The molecule has 16 heteroatoms. The summed E-state index contributed by atoms with van der Waals surface area (Å²) in [6.45, 7) is 0. The van der Waals surface area contributed by atoms with Crippen LogP contribution in [-0.2, 0) is 0 Å². The zero-order chi connectivity index (χ0) is 97.6. The van der Waals surface area contributed by atoms with Gasteiger partial charge in [0.1, 0.15) is 14.5 Å². The number of nitrogens with zero attached hydrogens (tertiary/aromatic N) is 12. The lowest BCUT2D eigenvalue weighted by Crippen LogP contribution is -2.03. The Kier molecular flexibility index (Phi) is 19.3. The maximum atomic E-state index is 5.51. The number of thiophene rings is 4. The monoisotopic (exact) mass is 1970 g/mol.